The summed E-state index contributed by atoms with van der Waals surface area (Å²) in [6, 6.07) is 12.3. The number of benzene rings is 2. The standard InChI is InChI=1S/C23H22N4O5S/c1-13-9-15-10-18(30-2)19(31-3)11-17(15)27-21(13)25-26-23(27)33-12-20(28)24-16-7-5-14(6-8-16)22(29)32-4/h5-11H,12H2,1-4H3,(H,24,28). The number of anilines is 1. The zero-order chi connectivity index (χ0) is 23.5. The van der Waals surface area contributed by atoms with Crippen LogP contribution in [0.5, 0.6) is 11.5 Å². The van der Waals surface area contributed by atoms with Crippen LogP contribution in [-0.4, -0.2) is 53.6 Å². The van der Waals surface area contributed by atoms with Crippen LogP contribution in [0.25, 0.3) is 16.6 Å². The fraction of sp³-hybridized carbons (Fsp3) is 0.217. The van der Waals surface area contributed by atoms with Gasteiger partial charge in [0, 0.05) is 17.1 Å². The van der Waals surface area contributed by atoms with Crippen molar-refractivity contribution in [2.24, 2.45) is 0 Å². The van der Waals surface area contributed by atoms with Crippen molar-refractivity contribution >= 4 is 45.9 Å². The Bertz CT molecular complexity index is 1350. The van der Waals surface area contributed by atoms with Crippen LogP contribution >= 0.6 is 11.8 Å². The molecule has 0 bridgehead atoms. The van der Waals surface area contributed by atoms with E-state index in [2.05, 4.69) is 20.3 Å². The molecule has 170 valence electrons. The first-order chi connectivity index (χ1) is 15.9. The maximum atomic E-state index is 12.5. The molecule has 0 saturated carbocycles. The van der Waals surface area contributed by atoms with E-state index in [1.165, 1.54) is 18.9 Å². The molecule has 0 aliphatic rings. The summed E-state index contributed by atoms with van der Waals surface area (Å²) in [5, 5.41) is 12.9. The number of aryl methyl sites for hydroxylation is 1. The summed E-state index contributed by atoms with van der Waals surface area (Å²) in [5.74, 6) is 0.705. The maximum Gasteiger partial charge on any atom is 0.337 e. The largest absolute Gasteiger partial charge is 0.493 e. The number of aromatic nitrogens is 3. The number of hydrogen-bond acceptors (Lipinski definition) is 8. The van der Waals surface area contributed by atoms with Crippen LogP contribution in [0.2, 0.25) is 0 Å². The van der Waals surface area contributed by atoms with Crippen LogP contribution in [-0.2, 0) is 9.53 Å². The van der Waals surface area contributed by atoms with E-state index in [9.17, 15) is 9.59 Å². The highest BCUT2D eigenvalue weighted by atomic mass is 32.2. The van der Waals surface area contributed by atoms with E-state index in [-0.39, 0.29) is 11.7 Å². The number of esters is 1. The van der Waals surface area contributed by atoms with Crippen molar-refractivity contribution < 1.29 is 23.8 Å². The molecular formula is C23H22N4O5S. The quantitative estimate of drug-likeness (QED) is 0.325. The Morgan fingerprint density at radius 1 is 1.00 bits per heavy atom. The molecule has 0 atom stereocenters. The number of thioether (sulfide) groups is 1. The van der Waals surface area contributed by atoms with Gasteiger partial charge in [-0.3, -0.25) is 9.20 Å². The number of fused-ring (bicyclic) bond motifs is 3. The van der Waals surface area contributed by atoms with Crippen molar-refractivity contribution in [3.05, 3.63) is 53.6 Å². The van der Waals surface area contributed by atoms with Crippen molar-refractivity contribution in [1.29, 1.82) is 0 Å². The predicted octanol–water partition coefficient (Wildman–Crippen LogP) is 3.73. The highest BCUT2D eigenvalue weighted by molar-refractivity contribution is 7.99. The van der Waals surface area contributed by atoms with Gasteiger partial charge in [-0.15, -0.1) is 10.2 Å². The molecule has 2 aromatic carbocycles. The molecule has 0 spiro atoms. The van der Waals surface area contributed by atoms with E-state index in [0.717, 1.165) is 16.5 Å². The lowest BCUT2D eigenvalue weighted by Gasteiger charge is -2.12. The topological polar surface area (TPSA) is 104 Å². The van der Waals surface area contributed by atoms with Crippen LogP contribution < -0.4 is 14.8 Å². The Hall–Kier alpha value is -3.79. The molecule has 9 nitrogen and oxygen atoms in total. The summed E-state index contributed by atoms with van der Waals surface area (Å²) in [6.45, 7) is 1.96. The van der Waals surface area contributed by atoms with Crippen LogP contribution in [0, 0.1) is 6.92 Å². The number of methoxy groups -OCH3 is 3. The highest BCUT2D eigenvalue weighted by Gasteiger charge is 2.16. The molecule has 0 fully saturated rings. The zero-order valence-corrected chi connectivity index (χ0v) is 19.4. The molecule has 10 heteroatoms. The van der Waals surface area contributed by atoms with Gasteiger partial charge in [0.25, 0.3) is 0 Å². The first-order valence-corrected chi connectivity index (χ1v) is 10.9. The Morgan fingerprint density at radius 2 is 1.70 bits per heavy atom. The van der Waals surface area contributed by atoms with Gasteiger partial charge in [-0.1, -0.05) is 11.8 Å². The first-order valence-electron chi connectivity index (χ1n) is 9.96. The van der Waals surface area contributed by atoms with E-state index >= 15 is 0 Å². The summed E-state index contributed by atoms with van der Waals surface area (Å²) in [6.07, 6.45) is 0. The molecule has 4 rings (SSSR count). The van der Waals surface area contributed by atoms with Crippen molar-refractivity contribution in [3.63, 3.8) is 0 Å². The summed E-state index contributed by atoms with van der Waals surface area (Å²) >= 11 is 1.27. The van der Waals surface area contributed by atoms with Gasteiger partial charge in [-0.05, 0) is 48.9 Å². The molecule has 2 aromatic heterocycles. The Morgan fingerprint density at radius 3 is 2.36 bits per heavy atom. The van der Waals surface area contributed by atoms with Gasteiger partial charge in [0.05, 0.1) is 38.2 Å². The fourth-order valence-electron chi connectivity index (χ4n) is 3.46. The minimum absolute atomic E-state index is 0.127. The van der Waals surface area contributed by atoms with Gasteiger partial charge in [0.1, 0.15) is 0 Å². The van der Waals surface area contributed by atoms with E-state index in [4.69, 9.17) is 9.47 Å². The minimum atomic E-state index is -0.432. The molecule has 0 unspecified atom stereocenters. The van der Waals surface area contributed by atoms with E-state index < -0.39 is 5.97 Å². The van der Waals surface area contributed by atoms with E-state index in [1.54, 1.807) is 38.5 Å². The number of nitrogens with one attached hydrogen (secondary N) is 1. The number of carbonyl (C=O) groups excluding carboxylic acids is 2. The molecule has 2 heterocycles. The summed E-state index contributed by atoms with van der Waals surface area (Å²) in [7, 11) is 4.50. The summed E-state index contributed by atoms with van der Waals surface area (Å²) in [4.78, 5) is 24.1. The average Bonchev–Trinajstić information content (AvgIpc) is 3.27. The second kappa shape index (κ2) is 9.37. The van der Waals surface area contributed by atoms with Crippen LogP contribution in [0.4, 0.5) is 5.69 Å². The molecule has 0 radical (unpaired) electrons. The zero-order valence-electron chi connectivity index (χ0n) is 18.5. The van der Waals surface area contributed by atoms with Crippen molar-refractivity contribution in [1.82, 2.24) is 14.6 Å². The average molecular weight is 467 g/mol. The molecule has 4 aromatic rings. The fourth-order valence-corrected chi connectivity index (χ4v) is 4.21. The van der Waals surface area contributed by atoms with E-state index in [1.807, 2.05) is 29.5 Å². The SMILES string of the molecule is COC(=O)c1ccc(NC(=O)CSc2nnc3c(C)cc4cc(OC)c(OC)cc4n23)cc1. The predicted molar refractivity (Wildman–Crippen MR) is 125 cm³/mol. The smallest absolute Gasteiger partial charge is 0.337 e. The second-order valence-corrected chi connectivity index (χ2v) is 8.08. The summed E-state index contributed by atoms with van der Waals surface area (Å²) in [5.41, 5.74) is 3.49. The second-order valence-electron chi connectivity index (χ2n) is 7.14. The van der Waals surface area contributed by atoms with Crippen LogP contribution in [0.15, 0.2) is 47.6 Å². The molecule has 0 aliphatic heterocycles. The lowest BCUT2D eigenvalue weighted by molar-refractivity contribution is -0.113. The number of nitrogens with zero attached hydrogens (tertiary/aromatic N) is 3. The van der Waals surface area contributed by atoms with Crippen molar-refractivity contribution in [2.75, 3.05) is 32.4 Å². The van der Waals surface area contributed by atoms with E-state index in [0.29, 0.717) is 33.6 Å². The lowest BCUT2D eigenvalue weighted by atomic mass is 10.1. The van der Waals surface area contributed by atoms with Gasteiger partial charge < -0.3 is 19.5 Å². The molecule has 0 saturated heterocycles. The third kappa shape index (κ3) is 4.42. The number of hydrogen-bond donors (Lipinski definition) is 1. The molecular weight excluding hydrogens is 444 g/mol. The Kier molecular flexibility index (Phi) is 6.36. The number of pyridine rings is 1. The number of rotatable bonds is 7. The normalized spacial score (nSPS) is 10.9. The number of amides is 1. The van der Waals surface area contributed by atoms with Gasteiger partial charge in [-0.2, -0.15) is 0 Å². The van der Waals surface area contributed by atoms with Gasteiger partial charge in [-0.25, -0.2) is 4.79 Å². The van der Waals surface area contributed by atoms with Crippen molar-refractivity contribution in [3.8, 4) is 11.5 Å². The first kappa shape index (κ1) is 22.4. The third-order valence-corrected chi connectivity index (χ3v) is 5.98. The third-order valence-electron chi connectivity index (χ3n) is 5.05. The Balaban J connectivity index is 1.57. The molecule has 1 amide bonds. The Labute approximate surface area is 194 Å². The number of carbonyl (C=O) groups is 2. The molecule has 0 aliphatic carbocycles. The highest BCUT2D eigenvalue weighted by Crippen LogP contribution is 2.34. The van der Waals surface area contributed by atoms with Crippen LogP contribution in [0.3, 0.4) is 0 Å². The summed E-state index contributed by atoms with van der Waals surface area (Å²) < 4.78 is 17.5. The van der Waals surface area contributed by atoms with Crippen molar-refractivity contribution in [2.45, 2.75) is 12.1 Å². The maximum absolute atomic E-state index is 12.5. The monoisotopic (exact) mass is 466 g/mol. The number of ether oxygens (including phenoxy) is 3. The van der Waals surface area contributed by atoms with Gasteiger partial charge in [0.2, 0.25) is 5.91 Å². The lowest BCUT2D eigenvalue weighted by Crippen LogP contribution is -2.14. The molecule has 1 N–H and O–H groups in total. The van der Waals surface area contributed by atoms with Gasteiger partial charge in [0.15, 0.2) is 22.3 Å². The van der Waals surface area contributed by atoms with Crippen LogP contribution in [0.1, 0.15) is 15.9 Å². The minimum Gasteiger partial charge on any atom is -0.493 e. The van der Waals surface area contributed by atoms with Gasteiger partial charge >= 0.3 is 5.97 Å². The molecule has 33 heavy (non-hydrogen) atoms.